The molecule has 68 valence electrons. The maximum absolute atomic E-state index is 12.7. The summed E-state index contributed by atoms with van der Waals surface area (Å²) in [4.78, 5) is 11.4. The molecule has 0 fully saturated rings. The zero-order valence-corrected chi connectivity index (χ0v) is 7.51. The Kier molecular flexibility index (Phi) is 2.96. The lowest BCUT2D eigenvalue weighted by atomic mass is 10.0. The van der Waals surface area contributed by atoms with E-state index in [9.17, 15) is 9.18 Å². The Bertz CT molecular complexity index is 342. The number of allylic oxidation sites excluding steroid dienone is 1. The van der Waals surface area contributed by atoms with Crippen LogP contribution in [0.1, 0.15) is 22.3 Å². The van der Waals surface area contributed by atoms with E-state index in [1.165, 1.54) is 18.2 Å². The van der Waals surface area contributed by atoms with Gasteiger partial charge < -0.3 is 0 Å². The number of aryl methyl sites for hydroxylation is 1. The van der Waals surface area contributed by atoms with Gasteiger partial charge in [0, 0.05) is 12.0 Å². The minimum atomic E-state index is -0.312. The summed E-state index contributed by atoms with van der Waals surface area (Å²) in [6, 6.07) is 4.16. The monoisotopic (exact) mass is 178 g/mol. The highest BCUT2D eigenvalue weighted by Crippen LogP contribution is 2.12. The van der Waals surface area contributed by atoms with Gasteiger partial charge in [0.15, 0.2) is 5.78 Å². The molecule has 0 unspecified atom stereocenters. The number of benzene rings is 1. The summed E-state index contributed by atoms with van der Waals surface area (Å²) in [6.07, 6.45) is 1.84. The molecular formula is C11H11FO. The highest BCUT2D eigenvalue weighted by molar-refractivity contribution is 5.98. The van der Waals surface area contributed by atoms with E-state index in [-0.39, 0.29) is 11.6 Å². The summed E-state index contributed by atoms with van der Waals surface area (Å²) < 4.78 is 12.7. The molecule has 1 aromatic carbocycles. The Morgan fingerprint density at radius 1 is 1.62 bits per heavy atom. The molecule has 0 spiro atoms. The molecule has 0 saturated carbocycles. The molecule has 0 N–H and O–H groups in total. The van der Waals surface area contributed by atoms with Crippen LogP contribution in [-0.4, -0.2) is 5.78 Å². The lowest BCUT2D eigenvalue weighted by Crippen LogP contribution is -2.00. The predicted octanol–water partition coefficient (Wildman–Crippen LogP) is 2.89. The van der Waals surface area contributed by atoms with Crippen molar-refractivity contribution in [3.05, 3.63) is 47.8 Å². The van der Waals surface area contributed by atoms with E-state index in [0.29, 0.717) is 17.5 Å². The van der Waals surface area contributed by atoms with Crippen molar-refractivity contribution in [2.75, 3.05) is 0 Å². The molecule has 0 saturated heterocycles. The number of hydrogen-bond donors (Lipinski definition) is 0. The van der Waals surface area contributed by atoms with Crippen LogP contribution in [0.15, 0.2) is 30.9 Å². The van der Waals surface area contributed by atoms with Gasteiger partial charge in [-0.25, -0.2) is 4.39 Å². The van der Waals surface area contributed by atoms with Crippen molar-refractivity contribution in [2.24, 2.45) is 0 Å². The maximum Gasteiger partial charge on any atom is 0.166 e. The second-order valence-corrected chi connectivity index (χ2v) is 2.88. The Balaban J connectivity index is 3.01. The van der Waals surface area contributed by atoms with Gasteiger partial charge in [-0.05, 0) is 30.7 Å². The van der Waals surface area contributed by atoms with Crippen LogP contribution >= 0.6 is 0 Å². The number of halogens is 1. The summed E-state index contributed by atoms with van der Waals surface area (Å²) in [7, 11) is 0. The molecule has 13 heavy (non-hydrogen) atoms. The summed E-state index contributed by atoms with van der Waals surface area (Å²) >= 11 is 0. The molecule has 2 heteroatoms. The standard InChI is InChI=1S/C11H11FO/c1-3-4-11(13)10-6-5-9(12)7-8(10)2/h3,5-7H,1,4H2,2H3. The van der Waals surface area contributed by atoms with Crippen LogP contribution in [0.4, 0.5) is 4.39 Å². The average Bonchev–Trinajstić information content (AvgIpc) is 2.04. The van der Waals surface area contributed by atoms with Crippen molar-refractivity contribution in [1.29, 1.82) is 0 Å². The van der Waals surface area contributed by atoms with Crippen LogP contribution in [0.3, 0.4) is 0 Å². The molecule has 1 aromatic rings. The van der Waals surface area contributed by atoms with Crippen LogP contribution in [0.5, 0.6) is 0 Å². The third-order valence-electron chi connectivity index (χ3n) is 1.82. The average molecular weight is 178 g/mol. The molecule has 0 bridgehead atoms. The first-order valence-electron chi connectivity index (χ1n) is 4.05. The molecule has 0 aromatic heterocycles. The van der Waals surface area contributed by atoms with Crippen molar-refractivity contribution in [1.82, 2.24) is 0 Å². The fourth-order valence-electron chi connectivity index (χ4n) is 1.18. The van der Waals surface area contributed by atoms with Crippen LogP contribution in [-0.2, 0) is 0 Å². The van der Waals surface area contributed by atoms with Crippen LogP contribution in [0, 0.1) is 12.7 Å². The van der Waals surface area contributed by atoms with Gasteiger partial charge in [0.1, 0.15) is 5.82 Å². The van der Waals surface area contributed by atoms with Crippen molar-refractivity contribution in [3.63, 3.8) is 0 Å². The molecule has 0 amide bonds. The first-order chi connectivity index (χ1) is 6.15. The van der Waals surface area contributed by atoms with Crippen molar-refractivity contribution < 1.29 is 9.18 Å². The highest BCUT2D eigenvalue weighted by atomic mass is 19.1. The number of rotatable bonds is 3. The zero-order valence-electron chi connectivity index (χ0n) is 7.51. The quantitative estimate of drug-likeness (QED) is 0.513. The van der Waals surface area contributed by atoms with Crippen LogP contribution < -0.4 is 0 Å². The highest BCUT2D eigenvalue weighted by Gasteiger charge is 2.07. The number of hydrogen-bond acceptors (Lipinski definition) is 1. The number of ketones is 1. The number of carbonyl (C=O) groups excluding carboxylic acids is 1. The van der Waals surface area contributed by atoms with Crippen molar-refractivity contribution in [3.8, 4) is 0 Å². The van der Waals surface area contributed by atoms with E-state index in [2.05, 4.69) is 6.58 Å². The van der Waals surface area contributed by atoms with Crippen molar-refractivity contribution >= 4 is 5.78 Å². The van der Waals surface area contributed by atoms with Gasteiger partial charge in [0.25, 0.3) is 0 Å². The van der Waals surface area contributed by atoms with Gasteiger partial charge in [0.05, 0.1) is 0 Å². The third-order valence-corrected chi connectivity index (χ3v) is 1.82. The zero-order chi connectivity index (χ0) is 9.84. The Morgan fingerprint density at radius 2 is 2.31 bits per heavy atom. The summed E-state index contributed by atoms with van der Waals surface area (Å²) in [5, 5.41) is 0. The van der Waals surface area contributed by atoms with Gasteiger partial charge >= 0.3 is 0 Å². The molecule has 1 rings (SSSR count). The van der Waals surface area contributed by atoms with E-state index < -0.39 is 0 Å². The Hall–Kier alpha value is -1.44. The van der Waals surface area contributed by atoms with E-state index in [4.69, 9.17) is 0 Å². The molecule has 0 aliphatic rings. The van der Waals surface area contributed by atoms with Crippen LogP contribution in [0.25, 0.3) is 0 Å². The molecular weight excluding hydrogens is 167 g/mol. The number of carbonyl (C=O) groups is 1. The summed E-state index contributed by atoms with van der Waals surface area (Å²) in [5.41, 5.74) is 1.24. The number of Topliss-reactive ketones (excluding diaryl/α,β-unsaturated/α-hetero) is 1. The second kappa shape index (κ2) is 3.99. The van der Waals surface area contributed by atoms with Crippen molar-refractivity contribution in [2.45, 2.75) is 13.3 Å². The Labute approximate surface area is 76.9 Å². The predicted molar refractivity (Wildman–Crippen MR) is 50.3 cm³/mol. The van der Waals surface area contributed by atoms with Gasteiger partial charge in [-0.2, -0.15) is 0 Å². The van der Waals surface area contributed by atoms with Gasteiger partial charge in [-0.3, -0.25) is 4.79 Å². The third kappa shape index (κ3) is 2.25. The molecule has 1 nitrogen and oxygen atoms in total. The summed E-state index contributed by atoms with van der Waals surface area (Å²) in [5.74, 6) is -0.333. The lowest BCUT2D eigenvalue weighted by molar-refractivity contribution is 0.0995. The first kappa shape index (κ1) is 9.65. The van der Waals surface area contributed by atoms with E-state index in [1.807, 2.05) is 0 Å². The minimum Gasteiger partial charge on any atom is -0.294 e. The van der Waals surface area contributed by atoms with Crippen LogP contribution in [0.2, 0.25) is 0 Å². The normalized spacial score (nSPS) is 9.69. The fraction of sp³-hybridized carbons (Fsp3) is 0.182. The largest absolute Gasteiger partial charge is 0.294 e. The molecule has 0 aliphatic carbocycles. The SMILES string of the molecule is C=CCC(=O)c1ccc(F)cc1C. The first-order valence-corrected chi connectivity index (χ1v) is 4.05. The van der Waals surface area contributed by atoms with Gasteiger partial charge in [-0.1, -0.05) is 6.08 Å². The van der Waals surface area contributed by atoms with Gasteiger partial charge in [-0.15, -0.1) is 6.58 Å². The Morgan fingerprint density at radius 3 is 2.85 bits per heavy atom. The molecule has 0 aliphatic heterocycles. The maximum atomic E-state index is 12.7. The molecule has 0 heterocycles. The van der Waals surface area contributed by atoms with E-state index in [0.717, 1.165) is 0 Å². The lowest BCUT2D eigenvalue weighted by Gasteiger charge is -2.02. The smallest absolute Gasteiger partial charge is 0.166 e. The second-order valence-electron chi connectivity index (χ2n) is 2.88. The van der Waals surface area contributed by atoms with Gasteiger partial charge in [0.2, 0.25) is 0 Å². The fourth-order valence-corrected chi connectivity index (χ4v) is 1.18. The minimum absolute atomic E-state index is 0.0208. The summed E-state index contributed by atoms with van der Waals surface area (Å²) in [6.45, 7) is 5.20. The van der Waals surface area contributed by atoms with E-state index in [1.54, 1.807) is 13.0 Å². The topological polar surface area (TPSA) is 17.1 Å². The van der Waals surface area contributed by atoms with E-state index >= 15 is 0 Å². The molecule has 0 atom stereocenters. The molecule has 0 radical (unpaired) electrons.